The SMILES string of the molecule is Nc1cn(Cc2ccccc2)nc1-c1ccc(F)cn1. The van der Waals surface area contributed by atoms with Gasteiger partial charge in [-0.1, -0.05) is 30.3 Å². The first-order valence-electron chi connectivity index (χ1n) is 6.21. The van der Waals surface area contributed by atoms with Crippen LogP contribution in [0, 0.1) is 5.82 Å². The minimum atomic E-state index is -0.379. The minimum Gasteiger partial charge on any atom is -0.396 e. The fourth-order valence-electron chi connectivity index (χ4n) is 2.00. The number of nitrogens with zero attached hydrogens (tertiary/aromatic N) is 3. The summed E-state index contributed by atoms with van der Waals surface area (Å²) in [6.45, 7) is 0.631. The number of halogens is 1. The predicted octanol–water partition coefficient (Wildman–Crippen LogP) is 2.71. The Morgan fingerprint density at radius 3 is 2.60 bits per heavy atom. The Bertz CT molecular complexity index is 704. The summed E-state index contributed by atoms with van der Waals surface area (Å²) in [5.41, 5.74) is 8.74. The molecule has 3 aromatic rings. The molecule has 3 rings (SSSR count). The molecule has 1 aromatic carbocycles. The second-order valence-electron chi connectivity index (χ2n) is 4.48. The van der Waals surface area contributed by atoms with Crippen molar-refractivity contribution < 1.29 is 4.39 Å². The number of hydrogen-bond acceptors (Lipinski definition) is 3. The van der Waals surface area contributed by atoms with Gasteiger partial charge in [0.25, 0.3) is 0 Å². The molecule has 4 nitrogen and oxygen atoms in total. The van der Waals surface area contributed by atoms with Crippen LogP contribution >= 0.6 is 0 Å². The summed E-state index contributed by atoms with van der Waals surface area (Å²) >= 11 is 0. The van der Waals surface area contributed by atoms with Gasteiger partial charge in [0.1, 0.15) is 11.5 Å². The highest BCUT2D eigenvalue weighted by atomic mass is 19.1. The van der Waals surface area contributed by atoms with Crippen LogP contribution in [0.25, 0.3) is 11.4 Å². The molecule has 2 aromatic heterocycles. The fraction of sp³-hybridized carbons (Fsp3) is 0.0667. The van der Waals surface area contributed by atoms with Crippen molar-refractivity contribution >= 4 is 5.69 Å². The highest BCUT2D eigenvalue weighted by molar-refractivity contribution is 5.68. The lowest BCUT2D eigenvalue weighted by atomic mass is 10.2. The van der Waals surface area contributed by atoms with Gasteiger partial charge in [0.15, 0.2) is 0 Å². The smallest absolute Gasteiger partial charge is 0.141 e. The van der Waals surface area contributed by atoms with Crippen LogP contribution in [0.15, 0.2) is 54.9 Å². The van der Waals surface area contributed by atoms with Gasteiger partial charge in [-0.15, -0.1) is 0 Å². The van der Waals surface area contributed by atoms with Crippen LogP contribution in [0.4, 0.5) is 10.1 Å². The van der Waals surface area contributed by atoms with E-state index in [1.807, 2.05) is 30.3 Å². The van der Waals surface area contributed by atoms with Crippen LogP contribution in [0.2, 0.25) is 0 Å². The van der Waals surface area contributed by atoms with Crippen molar-refractivity contribution in [1.82, 2.24) is 14.8 Å². The molecule has 2 heterocycles. The van der Waals surface area contributed by atoms with E-state index in [-0.39, 0.29) is 5.82 Å². The molecule has 0 spiro atoms. The van der Waals surface area contributed by atoms with Crippen molar-refractivity contribution in [1.29, 1.82) is 0 Å². The van der Waals surface area contributed by atoms with Crippen molar-refractivity contribution in [3.05, 3.63) is 66.2 Å². The molecule has 0 radical (unpaired) electrons. The first-order valence-corrected chi connectivity index (χ1v) is 6.21. The first kappa shape index (κ1) is 12.3. The molecule has 0 saturated heterocycles. The van der Waals surface area contributed by atoms with Gasteiger partial charge in [-0.05, 0) is 17.7 Å². The van der Waals surface area contributed by atoms with Crippen molar-refractivity contribution in [3.8, 4) is 11.4 Å². The second kappa shape index (κ2) is 5.13. The number of aromatic nitrogens is 3. The predicted molar refractivity (Wildman–Crippen MR) is 75.4 cm³/mol. The molecule has 5 heteroatoms. The zero-order chi connectivity index (χ0) is 13.9. The number of benzene rings is 1. The molecule has 0 aliphatic heterocycles. The third-order valence-corrected chi connectivity index (χ3v) is 2.95. The van der Waals surface area contributed by atoms with Crippen LogP contribution in [0.5, 0.6) is 0 Å². The third kappa shape index (κ3) is 2.51. The largest absolute Gasteiger partial charge is 0.396 e. The Morgan fingerprint density at radius 2 is 1.90 bits per heavy atom. The first-order chi connectivity index (χ1) is 9.72. The number of anilines is 1. The average molecular weight is 268 g/mol. The van der Waals surface area contributed by atoms with E-state index in [9.17, 15) is 4.39 Å². The highest BCUT2D eigenvalue weighted by Crippen LogP contribution is 2.22. The van der Waals surface area contributed by atoms with E-state index in [2.05, 4.69) is 10.1 Å². The molecule has 0 saturated carbocycles. The molecule has 0 unspecified atom stereocenters. The van der Waals surface area contributed by atoms with Crippen LogP contribution in [-0.2, 0) is 6.54 Å². The maximum atomic E-state index is 12.9. The Hall–Kier alpha value is -2.69. The standard InChI is InChI=1S/C15H13FN4/c16-12-6-7-14(18-8-12)15-13(17)10-20(19-15)9-11-4-2-1-3-5-11/h1-8,10H,9,17H2. The minimum absolute atomic E-state index is 0.379. The van der Waals surface area contributed by atoms with Crippen molar-refractivity contribution in [3.63, 3.8) is 0 Å². The molecule has 20 heavy (non-hydrogen) atoms. The topological polar surface area (TPSA) is 56.7 Å². The zero-order valence-corrected chi connectivity index (χ0v) is 10.7. The van der Waals surface area contributed by atoms with Gasteiger partial charge in [0.2, 0.25) is 0 Å². The zero-order valence-electron chi connectivity index (χ0n) is 10.7. The van der Waals surface area contributed by atoms with Gasteiger partial charge in [-0.25, -0.2) is 4.39 Å². The van der Waals surface area contributed by atoms with Gasteiger partial charge >= 0.3 is 0 Å². The normalized spacial score (nSPS) is 10.7. The van der Waals surface area contributed by atoms with Gasteiger partial charge in [0.05, 0.1) is 24.1 Å². The molecule has 0 bridgehead atoms. The number of pyridine rings is 1. The molecule has 0 aliphatic rings. The number of rotatable bonds is 3. The number of hydrogen-bond donors (Lipinski definition) is 1. The Balaban J connectivity index is 1.89. The lowest BCUT2D eigenvalue weighted by molar-refractivity contribution is 0.621. The molecule has 0 aliphatic carbocycles. The summed E-state index contributed by atoms with van der Waals surface area (Å²) in [7, 11) is 0. The summed E-state index contributed by atoms with van der Waals surface area (Å²) in [4.78, 5) is 4.00. The maximum Gasteiger partial charge on any atom is 0.141 e. The van der Waals surface area contributed by atoms with E-state index in [1.54, 1.807) is 16.9 Å². The molecular weight excluding hydrogens is 255 g/mol. The van der Waals surface area contributed by atoms with Gasteiger partial charge < -0.3 is 5.73 Å². The summed E-state index contributed by atoms with van der Waals surface area (Å²) in [6, 6.07) is 12.9. The summed E-state index contributed by atoms with van der Waals surface area (Å²) < 4.78 is 14.6. The Morgan fingerprint density at radius 1 is 1.10 bits per heavy atom. The van der Waals surface area contributed by atoms with Gasteiger partial charge in [-0.2, -0.15) is 5.10 Å². The van der Waals surface area contributed by atoms with Crippen molar-refractivity contribution in [2.75, 3.05) is 5.73 Å². The Kier molecular flexibility index (Phi) is 3.16. The van der Waals surface area contributed by atoms with E-state index >= 15 is 0 Å². The van der Waals surface area contributed by atoms with Crippen LogP contribution in [-0.4, -0.2) is 14.8 Å². The van der Waals surface area contributed by atoms with Crippen LogP contribution < -0.4 is 5.73 Å². The monoisotopic (exact) mass is 268 g/mol. The summed E-state index contributed by atoms with van der Waals surface area (Å²) in [6.07, 6.45) is 2.92. The van der Waals surface area contributed by atoms with E-state index in [1.165, 1.54) is 6.07 Å². The molecule has 0 atom stereocenters. The molecule has 100 valence electrons. The summed E-state index contributed by atoms with van der Waals surface area (Å²) in [5, 5.41) is 4.41. The number of nitrogen functional groups attached to an aromatic ring is 1. The average Bonchev–Trinajstić information content (AvgIpc) is 2.81. The fourth-order valence-corrected chi connectivity index (χ4v) is 2.00. The maximum absolute atomic E-state index is 12.9. The quantitative estimate of drug-likeness (QED) is 0.794. The lowest BCUT2D eigenvalue weighted by Crippen LogP contribution is -2.00. The Labute approximate surface area is 115 Å². The molecule has 2 N–H and O–H groups in total. The van der Waals surface area contributed by atoms with Crippen molar-refractivity contribution in [2.24, 2.45) is 0 Å². The number of nitrogens with two attached hydrogens (primary N) is 1. The second-order valence-corrected chi connectivity index (χ2v) is 4.48. The van der Waals surface area contributed by atoms with E-state index in [4.69, 9.17) is 5.73 Å². The highest BCUT2D eigenvalue weighted by Gasteiger charge is 2.10. The molecule has 0 amide bonds. The lowest BCUT2D eigenvalue weighted by Gasteiger charge is -2.01. The van der Waals surface area contributed by atoms with Gasteiger partial charge in [0, 0.05) is 6.20 Å². The van der Waals surface area contributed by atoms with Crippen LogP contribution in [0.3, 0.4) is 0 Å². The summed E-state index contributed by atoms with van der Waals surface area (Å²) in [5.74, 6) is -0.379. The van der Waals surface area contributed by atoms with Crippen LogP contribution in [0.1, 0.15) is 5.56 Å². The van der Waals surface area contributed by atoms with Gasteiger partial charge in [-0.3, -0.25) is 9.67 Å². The molecular formula is C15H13FN4. The van der Waals surface area contributed by atoms with E-state index in [0.717, 1.165) is 11.8 Å². The molecule has 0 fully saturated rings. The van der Waals surface area contributed by atoms with E-state index in [0.29, 0.717) is 23.6 Å². The third-order valence-electron chi connectivity index (χ3n) is 2.95. The van der Waals surface area contributed by atoms with Crippen molar-refractivity contribution in [2.45, 2.75) is 6.54 Å². The van der Waals surface area contributed by atoms with E-state index < -0.39 is 0 Å².